The van der Waals surface area contributed by atoms with Gasteiger partial charge in [-0.25, -0.2) is 18.7 Å². The van der Waals surface area contributed by atoms with Crippen LogP contribution in [-0.2, 0) is 0 Å². The van der Waals surface area contributed by atoms with Gasteiger partial charge in [0.25, 0.3) is 5.91 Å². The Bertz CT molecular complexity index is 1040. The van der Waals surface area contributed by atoms with Gasteiger partial charge in [0.05, 0.1) is 0 Å². The number of hydrogen-bond acceptors (Lipinski definition) is 6. The Morgan fingerprint density at radius 1 is 1.03 bits per heavy atom. The van der Waals surface area contributed by atoms with E-state index in [0.717, 1.165) is 23.6 Å². The second kappa shape index (κ2) is 8.41. The maximum atomic E-state index is 14.1. The van der Waals surface area contributed by atoms with Crippen molar-refractivity contribution in [3.8, 4) is 0 Å². The third-order valence-electron chi connectivity index (χ3n) is 5.46. The summed E-state index contributed by atoms with van der Waals surface area (Å²) in [4.78, 5) is 31.9. The summed E-state index contributed by atoms with van der Waals surface area (Å²) in [5, 5.41) is 0. The van der Waals surface area contributed by atoms with Crippen LogP contribution in [0.3, 0.4) is 0 Å². The third kappa shape index (κ3) is 4.26. The van der Waals surface area contributed by atoms with E-state index in [-0.39, 0.29) is 11.5 Å². The highest BCUT2D eigenvalue weighted by Gasteiger charge is 2.29. The number of carbonyl (C=O) groups excluding carboxylic acids is 1. The number of carbonyl (C=O) groups is 1. The molecule has 2 aromatic rings. The third-order valence-corrected chi connectivity index (χ3v) is 5.46. The summed E-state index contributed by atoms with van der Waals surface area (Å²) < 4.78 is 28.1. The summed E-state index contributed by atoms with van der Waals surface area (Å²) in [6.07, 6.45) is 4.52. The summed E-state index contributed by atoms with van der Waals surface area (Å²) in [5.74, 6) is -0.844. The lowest BCUT2D eigenvalue weighted by Crippen LogP contribution is -2.49. The molecule has 162 valence electrons. The molecule has 1 unspecified atom stereocenters. The number of piperazine rings is 1. The fraction of sp³-hybridized carbons (Fsp3) is 0.364. The lowest BCUT2D eigenvalue weighted by molar-refractivity contribution is 0.0743. The Morgan fingerprint density at radius 2 is 1.74 bits per heavy atom. The summed E-state index contributed by atoms with van der Waals surface area (Å²) >= 11 is 0. The molecular formula is C22H24F2N6O. The molecule has 0 saturated carbocycles. The molecule has 0 bridgehead atoms. The summed E-state index contributed by atoms with van der Waals surface area (Å²) in [5.41, 5.74) is 1.36. The summed E-state index contributed by atoms with van der Waals surface area (Å²) in [6, 6.07) is 3.98. The molecular weight excluding hydrogens is 402 g/mol. The van der Waals surface area contributed by atoms with Crippen molar-refractivity contribution in [3.05, 3.63) is 64.8 Å². The standard InChI is InChI=1S/C22H24F2N6O/c1-14-11-20(27-15(2)26-14)29-7-9-30(10-8-29)22(31)17-13-19(24)18(23)12-16(17)21-25-5-4-6-28(21)3/h4-6,11-13,21H,7-10H2,1-3H3. The number of aromatic nitrogens is 2. The van der Waals surface area contributed by atoms with E-state index in [4.69, 9.17) is 0 Å². The molecule has 1 atom stereocenters. The van der Waals surface area contributed by atoms with E-state index in [2.05, 4.69) is 19.9 Å². The molecule has 9 heteroatoms. The lowest BCUT2D eigenvalue weighted by Gasteiger charge is -2.36. The maximum Gasteiger partial charge on any atom is 0.254 e. The van der Waals surface area contributed by atoms with Crippen molar-refractivity contribution in [2.45, 2.75) is 20.0 Å². The summed E-state index contributed by atoms with van der Waals surface area (Å²) in [7, 11) is 1.78. The van der Waals surface area contributed by atoms with Crippen LogP contribution in [0.25, 0.3) is 0 Å². The minimum Gasteiger partial charge on any atom is -0.355 e. The van der Waals surface area contributed by atoms with Crippen molar-refractivity contribution < 1.29 is 13.6 Å². The normalized spacial score (nSPS) is 18.6. The fourth-order valence-electron chi connectivity index (χ4n) is 3.92. The molecule has 0 aliphatic carbocycles. The van der Waals surface area contributed by atoms with Crippen molar-refractivity contribution in [2.24, 2.45) is 4.99 Å². The van der Waals surface area contributed by atoms with Crippen LogP contribution in [0.5, 0.6) is 0 Å². The SMILES string of the molecule is Cc1cc(N2CCN(C(=O)c3cc(F)c(F)cc3C3N=CC=CN3C)CC2)nc(C)n1. The Labute approximate surface area is 179 Å². The predicted octanol–water partition coefficient (Wildman–Crippen LogP) is 2.86. The van der Waals surface area contributed by atoms with E-state index in [1.54, 1.807) is 35.3 Å². The number of anilines is 1. The minimum absolute atomic E-state index is 0.130. The second-order valence-electron chi connectivity index (χ2n) is 7.73. The molecule has 2 aliphatic heterocycles. The van der Waals surface area contributed by atoms with Crippen molar-refractivity contribution >= 4 is 17.9 Å². The fourth-order valence-corrected chi connectivity index (χ4v) is 3.92. The van der Waals surface area contributed by atoms with Crippen LogP contribution in [-0.4, -0.2) is 65.1 Å². The zero-order valence-corrected chi connectivity index (χ0v) is 17.7. The van der Waals surface area contributed by atoms with Crippen LogP contribution in [0.2, 0.25) is 0 Å². The molecule has 0 spiro atoms. The molecule has 2 aliphatic rings. The van der Waals surface area contributed by atoms with Gasteiger partial charge in [-0.15, -0.1) is 0 Å². The Morgan fingerprint density at radius 3 is 2.42 bits per heavy atom. The van der Waals surface area contributed by atoms with Crippen LogP contribution in [0.4, 0.5) is 14.6 Å². The van der Waals surface area contributed by atoms with Crippen LogP contribution >= 0.6 is 0 Å². The quantitative estimate of drug-likeness (QED) is 0.755. The van der Waals surface area contributed by atoms with Gasteiger partial charge in [-0.2, -0.15) is 0 Å². The zero-order chi connectivity index (χ0) is 22.1. The molecule has 1 fully saturated rings. The topological polar surface area (TPSA) is 64.9 Å². The average Bonchev–Trinajstić information content (AvgIpc) is 2.75. The number of amides is 1. The van der Waals surface area contributed by atoms with Gasteiger partial charge in [0, 0.05) is 68.5 Å². The first-order valence-electron chi connectivity index (χ1n) is 10.1. The van der Waals surface area contributed by atoms with Crippen LogP contribution < -0.4 is 4.90 Å². The molecule has 1 amide bonds. The number of benzene rings is 1. The van der Waals surface area contributed by atoms with E-state index < -0.39 is 17.8 Å². The number of rotatable bonds is 3. The first kappa shape index (κ1) is 20.9. The molecule has 4 rings (SSSR count). The molecule has 3 heterocycles. The van der Waals surface area contributed by atoms with Crippen molar-refractivity contribution in [1.29, 1.82) is 0 Å². The van der Waals surface area contributed by atoms with Crippen LogP contribution in [0, 0.1) is 25.5 Å². The van der Waals surface area contributed by atoms with Crippen molar-refractivity contribution in [2.75, 3.05) is 38.1 Å². The largest absolute Gasteiger partial charge is 0.355 e. The summed E-state index contributed by atoms with van der Waals surface area (Å²) in [6.45, 7) is 5.84. The second-order valence-corrected chi connectivity index (χ2v) is 7.73. The minimum atomic E-state index is -1.05. The molecule has 1 aromatic heterocycles. The number of aryl methyl sites for hydroxylation is 2. The van der Waals surface area contributed by atoms with Gasteiger partial charge in [0.15, 0.2) is 11.6 Å². The predicted molar refractivity (Wildman–Crippen MR) is 114 cm³/mol. The molecule has 31 heavy (non-hydrogen) atoms. The first-order chi connectivity index (χ1) is 14.8. The zero-order valence-electron chi connectivity index (χ0n) is 17.7. The van der Waals surface area contributed by atoms with Gasteiger partial charge < -0.3 is 14.7 Å². The molecule has 0 radical (unpaired) electrons. The Balaban J connectivity index is 1.56. The van der Waals surface area contributed by atoms with Gasteiger partial charge in [-0.1, -0.05) is 0 Å². The average molecular weight is 426 g/mol. The smallest absolute Gasteiger partial charge is 0.254 e. The van der Waals surface area contributed by atoms with E-state index in [1.165, 1.54) is 0 Å². The van der Waals surface area contributed by atoms with E-state index in [1.807, 2.05) is 19.9 Å². The molecule has 0 N–H and O–H groups in total. The molecule has 7 nitrogen and oxygen atoms in total. The Kier molecular flexibility index (Phi) is 5.67. The number of nitrogens with zero attached hydrogens (tertiary/aromatic N) is 6. The van der Waals surface area contributed by atoms with Gasteiger partial charge in [-0.3, -0.25) is 9.79 Å². The number of halogens is 2. The van der Waals surface area contributed by atoms with E-state index >= 15 is 0 Å². The highest BCUT2D eigenvalue weighted by Crippen LogP contribution is 2.29. The Hall–Kier alpha value is -3.36. The van der Waals surface area contributed by atoms with Crippen molar-refractivity contribution in [3.63, 3.8) is 0 Å². The lowest BCUT2D eigenvalue weighted by atomic mass is 10.0. The van der Waals surface area contributed by atoms with Crippen LogP contribution in [0.1, 0.15) is 33.6 Å². The highest BCUT2D eigenvalue weighted by atomic mass is 19.2. The van der Waals surface area contributed by atoms with E-state index in [0.29, 0.717) is 37.6 Å². The molecule has 1 saturated heterocycles. The number of allylic oxidation sites excluding steroid dienone is 1. The van der Waals surface area contributed by atoms with Crippen molar-refractivity contribution in [1.82, 2.24) is 19.8 Å². The van der Waals surface area contributed by atoms with Gasteiger partial charge in [0.1, 0.15) is 17.8 Å². The first-order valence-corrected chi connectivity index (χ1v) is 10.1. The van der Waals surface area contributed by atoms with Gasteiger partial charge in [-0.05, 0) is 32.1 Å². The maximum absolute atomic E-state index is 14.1. The number of aliphatic imine (C=N–C) groups is 1. The van der Waals surface area contributed by atoms with Gasteiger partial charge in [0.2, 0.25) is 0 Å². The highest BCUT2D eigenvalue weighted by molar-refractivity contribution is 5.96. The monoisotopic (exact) mass is 426 g/mol. The van der Waals surface area contributed by atoms with E-state index in [9.17, 15) is 13.6 Å². The van der Waals surface area contributed by atoms with Gasteiger partial charge >= 0.3 is 0 Å². The molecule has 1 aromatic carbocycles. The number of hydrogen-bond donors (Lipinski definition) is 0. The van der Waals surface area contributed by atoms with Crippen LogP contribution in [0.15, 0.2) is 35.5 Å².